The van der Waals surface area contributed by atoms with Crippen LogP contribution in [0.25, 0.3) is 0 Å². The quantitative estimate of drug-likeness (QED) is 0.834. The molecular formula is C16H15F3N2OS. The van der Waals surface area contributed by atoms with E-state index in [1.54, 1.807) is 0 Å². The van der Waals surface area contributed by atoms with Gasteiger partial charge < -0.3 is 5.32 Å². The number of hydrogen-bond acceptors (Lipinski definition) is 3. The van der Waals surface area contributed by atoms with Crippen molar-refractivity contribution in [2.45, 2.75) is 24.2 Å². The first-order valence-corrected chi connectivity index (χ1v) is 7.85. The van der Waals surface area contributed by atoms with Gasteiger partial charge in [-0.1, -0.05) is 42.1 Å². The molecule has 1 atom stereocenters. The van der Waals surface area contributed by atoms with Crippen LogP contribution in [0.2, 0.25) is 0 Å². The summed E-state index contributed by atoms with van der Waals surface area (Å²) in [5.41, 5.74) is 0.183. The first-order valence-electron chi connectivity index (χ1n) is 6.86. The summed E-state index contributed by atoms with van der Waals surface area (Å²) in [6.07, 6.45) is -3.63. The summed E-state index contributed by atoms with van der Waals surface area (Å²) in [5.74, 6) is -0.108. The van der Waals surface area contributed by atoms with E-state index in [0.29, 0.717) is 5.03 Å². The van der Waals surface area contributed by atoms with Crippen LogP contribution in [0.4, 0.5) is 13.2 Å². The molecule has 122 valence electrons. The van der Waals surface area contributed by atoms with E-state index in [4.69, 9.17) is 0 Å². The summed E-state index contributed by atoms with van der Waals surface area (Å²) in [4.78, 5) is 15.6. The van der Waals surface area contributed by atoms with Gasteiger partial charge >= 0.3 is 6.18 Å². The highest BCUT2D eigenvalue weighted by molar-refractivity contribution is 7.99. The molecule has 2 rings (SSSR count). The number of benzene rings is 1. The average molecular weight is 340 g/mol. The molecule has 7 heteroatoms. The Morgan fingerprint density at radius 2 is 1.91 bits per heavy atom. The lowest BCUT2D eigenvalue weighted by atomic mass is 10.1. The van der Waals surface area contributed by atoms with Crippen molar-refractivity contribution < 1.29 is 18.0 Å². The zero-order chi connectivity index (χ0) is 16.9. The van der Waals surface area contributed by atoms with Crippen molar-refractivity contribution >= 4 is 17.7 Å². The molecule has 0 radical (unpaired) electrons. The lowest BCUT2D eigenvalue weighted by Crippen LogP contribution is -2.28. The highest BCUT2D eigenvalue weighted by atomic mass is 32.2. The minimum atomic E-state index is -4.40. The Hall–Kier alpha value is -2.02. The van der Waals surface area contributed by atoms with E-state index in [-0.39, 0.29) is 17.7 Å². The number of rotatable bonds is 5. The van der Waals surface area contributed by atoms with Crippen LogP contribution in [0.5, 0.6) is 0 Å². The predicted molar refractivity (Wildman–Crippen MR) is 83.0 cm³/mol. The number of pyridine rings is 1. The maximum atomic E-state index is 12.4. The third kappa shape index (κ3) is 5.28. The van der Waals surface area contributed by atoms with Crippen LogP contribution in [-0.4, -0.2) is 16.6 Å². The summed E-state index contributed by atoms with van der Waals surface area (Å²) < 4.78 is 37.3. The number of nitrogens with zero attached hydrogens (tertiary/aromatic N) is 1. The molecule has 1 N–H and O–H groups in total. The lowest BCUT2D eigenvalue weighted by molar-refractivity contribution is -0.137. The molecule has 0 aliphatic rings. The number of halogens is 3. The minimum absolute atomic E-state index is 0.0928. The smallest absolute Gasteiger partial charge is 0.349 e. The molecule has 2 aromatic rings. The van der Waals surface area contributed by atoms with Crippen LogP contribution in [0.3, 0.4) is 0 Å². The molecule has 0 unspecified atom stereocenters. The van der Waals surface area contributed by atoms with Gasteiger partial charge in [-0.05, 0) is 24.6 Å². The average Bonchev–Trinajstić information content (AvgIpc) is 2.53. The maximum Gasteiger partial charge on any atom is 0.417 e. The monoisotopic (exact) mass is 340 g/mol. The Morgan fingerprint density at radius 1 is 1.22 bits per heavy atom. The Bertz CT molecular complexity index is 645. The molecule has 0 saturated heterocycles. The van der Waals surface area contributed by atoms with Gasteiger partial charge in [0.25, 0.3) is 0 Å². The Balaban J connectivity index is 1.85. The van der Waals surface area contributed by atoms with Gasteiger partial charge in [0.05, 0.1) is 22.4 Å². The fourth-order valence-electron chi connectivity index (χ4n) is 1.88. The first kappa shape index (κ1) is 17.3. The molecule has 0 fully saturated rings. The van der Waals surface area contributed by atoms with Crippen molar-refractivity contribution in [3.05, 3.63) is 59.8 Å². The van der Waals surface area contributed by atoms with Crippen molar-refractivity contribution in [3.63, 3.8) is 0 Å². The normalized spacial score (nSPS) is 12.7. The van der Waals surface area contributed by atoms with Crippen molar-refractivity contribution in [1.82, 2.24) is 10.3 Å². The van der Waals surface area contributed by atoms with Crippen molar-refractivity contribution in [2.24, 2.45) is 0 Å². The molecular weight excluding hydrogens is 325 g/mol. The van der Waals surface area contributed by atoms with Gasteiger partial charge in [-0.15, -0.1) is 0 Å². The van der Waals surface area contributed by atoms with Crippen LogP contribution < -0.4 is 5.32 Å². The third-order valence-corrected chi connectivity index (χ3v) is 4.04. The Labute approximate surface area is 136 Å². The second kappa shape index (κ2) is 7.50. The summed E-state index contributed by atoms with van der Waals surface area (Å²) in [6, 6.07) is 11.6. The van der Waals surface area contributed by atoms with Gasteiger partial charge in [-0.25, -0.2) is 4.98 Å². The minimum Gasteiger partial charge on any atom is -0.349 e. The van der Waals surface area contributed by atoms with Crippen LogP contribution in [0, 0.1) is 0 Å². The SMILES string of the molecule is C[C@@H](NC(=O)CSc1ccc(C(F)(F)F)cn1)c1ccccc1. The molecule has 0 aliphatic heterocycles. The highest BCUT2D eigenvalue weighted by Crippen LogP contribution is 2.29. The van der Waals surface area contributed by atoms with Crippen LogP contribution >= 0.6 is 11.8 Å². The van der Waals surface area contributed by atoms with E-state index in [2.05, 4.69) is 10.3 Å². The number of carbonyl (C=O) groups excluding carboxylic acids is 1. The molecule has 0 saturated carbocycles. The number of hydrogen-bond donors (Lipinski definition) is 1. The van der Waals surface area contributed by atoms with Gasteiger partial charge in [-0.2, -0.15) is 13.2 Å². The third-order valence-electron chi connectivity index (χ3n) is 3.09. The number of alkyl halides is 3. The number of nitrogens with one attached hydrogen (secondary N) is 1. The Morgan fingerprint density at radius 3 is 2.48 bits per heavy atom. The summed E-state index contributed by atoms with van der Waals surface area (Å²) >= 11 is 1.09. The van der Waals surface area contributed by atoms with Crippen molar-refractivity contribution in [2.75, 3.05) is 5.75 Å². The number of thioether (sulfide) groups is 1. The van der Waals surface area contributed by atoms with Gasteiger partial charge in [0.1, 0.15) is 0 Å². The van der Waals surface area contributed by atoms with Gasteiger partial charge in [0.2, 0.25) is 5.91 Å². The first-order chi connectivity index (χ1) is 10.9. The zero-order valence-corrected chi connectivity index (χ0v) is 13.1. The van der Waals surface area contributed by atoms with Gasteiger partial charge in [0, 0.05) is 6.20 Å². The Kier molecular flexibility index (Phi) is 5.65. The number of aromatic nitrogens is 1. The van der Waals surface area contributed by atoms with E-state index < -0.39 is 11.7 Å². The molecule has 23 heavy (non-hydrogen) atoms. The molecule has 0 spiro atoms. The maximum absolute atomic E-state index is 12.4. The topological polar surface area (TPSA) is 42.0 Å². The second-order valence-electron chi connectivity index (χ2n) is 4.87. The molecule has 1 heterocycles. The molecule has 1 aromatic heterocycles. The largest absolute Gasteiger partial charge is 0.417 e. The van der Waals surface area contributed by atoms with E-state index in [0.717, 1.165) is 29.6 Å². The molecule has 1 aromatic carbocycles. The second-order valence-corrected chi connectivity index (χ2v) is 5.87. The van der Waals surface area contributed by atoms with E-state index in [1.807, 2.05) is 37.3 Å². The van der Waals surface area contributed by atoms with Crippen LogP contribution in [-0.2, 0) is 11.0 Å². The lowest BCUT2D eigenvalue weighted by Gasteiger charge is -2.14. The van der Waals surface area contributed by atoms with Crippen LogP contribution in [0.1, 0.15) is 24.1 Å². The standard InChI is InChI=1S/C16H15F3N2OS/c1-11(12-5-3-2-4-6-12)21-14(22)10-23-15-8-7-13(9-20-15)16(17,18)19/h2-9,11H,10H2,1H3,(H,21,22)/t11-/m1/s1. The number of carbonyl (C=O) groups is 1. The fourth-order valence-corrected chi connectivity index (χ4v) is 2.53. The molecule has 0 aliphatic carbocycles. The summed E-state index contributed by atoms with van der Waals surface area (Å²) in [5, 5.41) is 3.21. The fraction of sp³-hybridized carbons (Fsp3) is 0.250. The molecule has 3 nitrogen and oxygen atoms in total. The van der Waals surface area contributed by atoms with Gasteiger partial charge in [0.15, 0.2) is 0 Å². The van der Waals surface area contributed by atoms with Crippen LogP contribution in [0.15, 0.2) is 53.7 Å². The summed E-state index contributed by atoms with van der Waals surface area (Å²) in [6.45, 7) is 1.87. The molecule has 1 amide bonds. The van der Waals surface area contributed by atoms with Crippen molar-refractivity contribution in [3.8, 4) is 0 Å². The molecule has 0 bridgehead atoms. The number of amides is 1. The van der Waals surface area contributed by atoms with E-state index in [1.165, 1.54) is 6.07 Å². The zero-order valence-electron chi connectivity index (χ0n) is 12.3. The predicted octanol–water partition coefficient (Wildman–Crippen LogP) is 4.07. The van der Waals surface area contributed by atoms with E-state index in [9.17, 15) is 18.0 Å². The highest BCUT2D eigenvalue weighted by Gasteiger charge is 2.30. The van der Waals surface area contributed by atoms with Gasteiger partial charge in [-0.3, -0.25) is 4.79 Å². The summed E-state index contributed by atoms with van der Waals surface area (Å²) in [7, 11) is 0. The van der Waals surface area contributed by atoms with E-state index >= 15 is 0 Å². The van der Waals surface area contributed by atoms with Crippen molar-refractivity contribution in [1.29, 1.82) is 0 Å².